The van der Waals surface area contributed by atoms with E-state index in [0.717, 1.165) is 10.2 Å². The van der Waals surface area contributed by atoms with E-state index >= 15 is 0 Å². The van der Waals surface area contributed by atoms with Crippen molar-refractivity contribution in [2.24, 2.45) is 0 Å². The third-order valence-corrected chi connectivity index (χ3v) is 3.62. The Morgan fingerprint density at radius 1 is 1.31 bits per heavy atom. The molecule has 1 N–H and O–H groups in total. The number of aliphatic hydroxyl groups excluding tert-OH is 1. The van der Waals surface area contributed by atoms with Crippen LogP contribution in [-0.2, 0) is 0 Å². The Hall–Kier alpha value is -0.0600. The monoisotopic (exact) mass is 295 g/mol. The molecule has 86 valence electrons. The zero-order chi connectivity index (χ0) is 11.8. The van der Waals surface area contributed by atoms with Crippen molar-refractivity contribution in [2.45, 2.75) is 16.3 Å². The molecule has 1 aromatic carbocycles. The topological polar surface area (TPSA) is 33.1 Å². The fourth-order valence-corrected chi connectivity index (χ4v) is 2.73. The second kappa shape index (κ2) is 4.67. The van der Waals surface area contributed by atoms with Crippen molar-refractivity contribution in [1.82, 2.24) is 4.98 Å². The lowest BCUT2D eigenvalue weighted by molar-refractivity contribution is 0.169. The van der Waals surface area contributed by atoms with Crippen LogP contribution >= 0.6 is 46.1 Å². The van der Waals surface area contributed by atoms with Gasteiger partial charge >= 0.3 is 0 Å². The molecule has 2 rings (SSSR count). The standard InChI is InChI=1S/C10H8Cl3NOS/c11-10(12,13)5-7(15)9-14-6-3-1-2-4-8(6)16-9/h1-4,7,15H,5H2/t7-/m1/s1. The summed E-state index contributed by atoms with van der Waals surface area (Å²) >= 11 is 18.3. The summed E-state index contributed by atoms with van der Waals surface area (Å²) in [6.07, 6.45) is -0.804. The first kappa shape index (κ1) is 12.4. The number of para-hydroxylation sites is 1. The zero-order valence-electron chi connectivity index (χ0n) is 8.03. The van der Waals surface area contributed by atoms with Gasteiger partial charge in [0.05, 0.1) is 10.2 Å². The number of nitrogens with zero attached hydrogens (tertiary/aromatic N) is 1. The van der Waals surface area contributed by atoms with E-state index in [9.17, 15) is 5.11 Å². The summed E-state index contributed by atoms with van der Waals surface area (Å²) in [5.41, 5.74) is 0.853. The largest absolute Gasteiger partial charge is 0.386 e. The average molecular weight is 297 g/mol. The van der Waals surface area contributed by atoms with E-state index in [2.05, 4.69) is 4.98 Å². The van der Waals surface area contributed by atoms with Crippen molar-refractivity contribution in [3.63, 3.8) is 0 Å². The lowest BCUT2D eigenvalue weighted by Crippen LogP contribution is -2.09. The van der Waals surface area contributed by atoms with E-state index in [0.29, 0.717) is 5.01 Å². The Morgan fingerprint density at radius 2 is 2.00 bits per heavy atom. The molecule has 1 aromatic heterocycles. The second-order valence-electron chi connectivity index (χ2n) is 3.35. The number of hydrogen-bond acceptors (Lipinski definition) is 3. The Bertz CT molecular complexity index is 461. The molecule has 6 heteroatoms. The molecule has 0 bridgehead atoms. The number of rotatable bonds is 2. The molecule has 0 aliphatic heterocycles. The van der Waals surface area contributed by atoms with Crippen molar-refractivity contribution < 1.29 is 5.11 Å². The molecule has 0 fully saturated rings. The van der Waals surface area contributed by atoms with Crippen LogP contribution in [0.15, 0.2) is 24.3 Å². The molecule has 2 aromatic rings. The summed E-state index contributed by atoms with van der Waals surface area (Å²) in [5.74, 6) is 0. The quantitative estimate of drug-likeness (QED) is 0.847. The third-order valence-electron chi connectivity index (χ3n) is 2.02. The molecule has 0 spiro atoms. The van der Waals surface area contributed by atoms with Crippen LogP contribution in [-0.4, -0.2) is 13.9 Å². The number of aliphatic hydroxyl groups is 1. The molecule has 0 aliphatic rings. The molecular weight excluding hydrogens is 289 g/mol. The highest BCUT2D eigenvalue weighted by Gasteiger charge is 2.26. The maximum absolute atomic E-state index is 9.85. The molecule has 0 saturated carbocycles. The Morgan fingerprint density at radius 3 is 2.62 bits per heavy atom. The highest BCUT2D eigenvalue weighted by atomic mass is 35.6. The van der Waals surface area contributed by atoms with Crippen LogP contribution in [0.4, 0.5) is 0 Å². The van der Waals surface area contributed by atoms with Crippen LogP contribution in [0.1, 0.15) is 17.5 Å². The molecule has 1 atom stereocenters. The summed E-state index contributed by atoms with van der Waals surface area (Å²) in [7, 11) is 0. The third kappa shape index (κ3) is 2.99. The lowest BCUT2D eigenvalue weighted by atomic mass is 10.3. The minimum atomic E-state index is -1.46. The average Bonchev–Trinajstić information content (AvgIpc) is 2.58. The summed E-state index contributed by atoms with van der Waals surface area (Å²) < 4.78 is -0.446. The van der Waals surface area contributed by atoms with Gasteiger partial charge in [-0.15, -0.1) is 11.3 Å². The lowest BCUT2D eigenvalue weighted by Gasteiger charge is -2.13. The second-order valence-corrected chi connectivity index (χ2v) is 6.93. The highest BCUT2D eigenvalue weighted by molar-refractivity contribution is 7.18. The van der Waals surface area contributed by atoms with Gasteiger partial charge < -0.3 is 5.11 Å². The van der Waals surface area contributed by atoms with Crippen LogP contribution in [0.25, 0.3) is 10.2 Å². The van der Waals surface area contributed by atoms with Crippen molar-refractivity contribution in [1.29, 1.82) is 0 Å². The number of hydrogen-bond donors (Lipinski definition) is 1. The van der Waals surface area contributed by atoms with Gasteiger partial charge in [-0.3, -0.25) is 0 Å². The molecular formula is C10H8Cl3NOS. The van der Waals surface area contributed by atoms with E-state index < -0.39 is 9.90 Å². The smallest absolute Gasteiger partial charge is 0.193 e. The highest BCUT2D eigenvalue weighted by Crippen LogP contribution is 2.38. The first-order chi connectivity index (χ1) is 7.46. The fourth-order valence-electron chi connectivity index (χ4n) is 1.34. The minimum Gasteiger partial charge on any atom is -0.386 e. The van der Waals surface area contributed by atoms with Gasteiger partial charge in [-0.05, 0) is 12.1 Å². The molecule has 0 radical (unpaired) electrons. The molecule has 0 unspecified atom stereocenters. The number of halogens is 3. The number of alkyl halides is 3. The minimum absolute atomic E-state index is 0.0392. The van der Waals surface area contributed by atoms with E-state index in [1.165, 1.54) is 11.3 Å². The molecule has 0 saturated heterocycles. The summed E-state index contributed by atoms with van der Waals surface area (Å²) in [5, 5.41) is 10.4. The van der Waals surface area contributed by atoms with E-state index in [4.69, 9.17) is 34.8 Å². The van der Waals surface area contributed by atoms with Gasteiger partial charge in [0.1, 0.15) is 11.1 Å². The van der Waals surface area contributed by atoms with Gasteiger partial charge in [0.15, 0.2) is 3.79 Å². The molecule has 1 heterocycles. The molecule has 16 heavy (non-hydrogen) atoms. The van der Waals surface area contributed by atoms with E-state index in [-0.39, 0.29) is 6.42 Å². The normalized spacial score (nSPS) is 14.2. The van der Waals surface area contributed by atoms with Crippen LogP contribution in [0.3, 0.4) is 0 Å². The van der Waals surface area contributed by atoms with Crippen LogP contribution in [0.5, 0.6) is 0 Å². The Balaban J connectivity index is 2.26. The van der Waals surface area contributed by atoms with Gasteiger partial charge in [0.25, 0.3) is 0 Å². The predicted molar refractivity (Wildman–Crippen MR) is 69.5 cm³/mol. The van der Waals surface area contributed by atoms with Crippen molar-refractivity contribution in [3.8, 4) is 0 Å². The summed E-state index contributed by atoms with van der Waals surface area (Å²) in [6.45, 7) is 0. The Kier molecular flexibility index (Phi) is 3.62. The molecule has 2 nitrogen and oxygen atoms in total. The van der Waals surface area contributed by atoms with Gasteiger partial charge in [0.2, 0.25) is 0 Å². The summed E-state index contributed by atoms with van der Waals surface area (Å²) in [4.78, 5) is 4.29. The van der Waals surface area contributed by atoms with Gasteiger partial charge in [-0.1, -0.05) is 46.9 Å². The van der Waals surface area contributed by atoms with Crippen LogP contribution < -0.4 is 0 Å². The first-order valence-electron chi connectivity index (χ1n) is 4.56. The van der Waals surface area contributed by atoms with Crippen LogP contribution in [0, 0.1) is 0 Å². The van der Waals surface area contributed by atoms with Crippen molar-refractivity contribution in [3.05, 3.63) is 29.3 Å². The number of aromatic nitrogens is 1. The number of benzene rings is 1. The van der Waals surface area contributed by atoms with Crippen molar-refractivity contribution in [2.75, 3.05) is 0 Å². The van der Waals surface area contributed by atoms with Crippen LogP contribution in [0.2, 0.25) is 0 Å². The van der Waals surface area contributed by atoms with E-state index in [1.54, 1.807) is 0 Å². The predicted octanol–water partition coefficient (Wildman–Crippen LogP) is 4.09. The van der Waals surface area contributed by atoms with Crippen molar-refractivity contribution >= 4 is 56.4 Å². The molecule has 0 amide bonds. The number of fused-ring (bicyclic) bond motifs is 1. The van der Waals surface area contributed by atoms with Gasteiger partial charge in [-0.25, -0.2) is 4.98 Å². The number of thiazole rings is 1. The fraction of sp³-hybridized carbons (Fsp3) is 0.300. The maximum Gasteiger partial charge on any atom is 0.193 e. The first-order valence-corrected chi connectivity index (χ1v) is 6.51. The Labute approximate surface area is 112 Å². The van der Waals surface area contributed by atoms with Gasteiger partial charge in [-0.2, -0.15) is 0 Å². The van der Waals surface area contributed by atoms with E-state index in [1.807, 2.05) is 24.3 Å². The SMILES string of the molecule is O[C@H](CC(Cl)(Cl)Cl)c1nc2ccccc2s1. The van der Waals surface area contributed by atoms with Gasteiger partial charge in [0, 0.05) is 6.42 Å². The summed E-state index contributed by atoms with van der Waals surface area (Å²) in [6, 6.07) is 7.65. The molecule has 0 aliphatic carbocycles. The maximum atomic E-state index is 9.85. The zero-order valence-corrected chi connectivity index (χ0v) is 11.1.